The Balaban J connectivity index is 2.21. The molecule has 0 aliphatic rings. The minimum absolute atomic E-state index is 0.0344. The first kappa shape index (κ1) is 13.0. The van der Waals surface area contributed by atoms with Crippen LogP contribution in [0.15, 0.2) is 34.9 Å². The lowest BCUT2D eigenvalue weighted by Gasteiger charge is -2.05. The van der Waals surface area contributed by atoms with Crippen LogP contribution in [-0.4, -0.2) is 15.6 Å². The number of hydrogen-bond acceptors (Lipinski definition) is 2. The number of benzene rings is 1. The summed E-state index contributed by atoms with van der Waals surface area (Å²) < 4.78 is 15.1. The number of rotatable bonds is 4. The lowest BCUT2D eigenvalue weighted by molar-refractivity contribution is 0.0982. The first-order valence-corrected chi connectivity index (χ1v) is 6.40. The molecule has 0 amide bonds. The molecule has 0 N–H and O–H groups in total. The van der Waals surface area contributed by atoms with Gasteiger partial charge in [0.2, 0.25) is 0 Å². The van der Waals surface area contributed by atoms with Crippen molar-refractivity contribution in [2.24, 2.45) is 0 Å². The molecule has 0 atom stereocenters. The zero-order valence-electron chi connectivity index (χ0n) is 9.86. The average Bonchev–Trinajstić information content (AvgIpc) is 2.73. The van der Waals surface area contributed by atoms with Crippen molar-refractivity contribution in [2.45, 2.75) is 19.9 Å². The Morgan fingerprint density at radius 3 is 2.67 bits per heavy atom. The van der Waals surface area contributed by atoms with Crippen LogP contribution in [0.3, 0.4) is 0 Å². The molecule has 1 aromatic carbocycles. The third kappa shape index (κ3) is 2.67. The van der Waals surface area contributed by atoms with Crippen LogP contribution in [0.25, 0.3) is 0 Å². The number of Topliss-reactive ketones (excluding diaryl/α,β-unsaturated/α-hetero) is 1. The first-order valence-electron chi connectivity index (χ1n) is 5.60. The normalized spacial score (nSPS) is 10.6. The molecule has 2 aromatic rings. The molecule has 94 valence electrons. The fourth-order valence-electron chi connectivity index (χ4n) is 1.75. The summed E-state index contributed by atoms with van der Waals surface area (Å²) in [6, 6.07) is 5.95. The molecule has 0 unspecified atom stereocenters. The highest BCUT2D eigenvalue weighted by atomic mass is 79.9. The smallest absolute Gasteiger partial charge is 0.186 e. The first-order chi connectivity index (χ1) is 8.61. The van der Waals surface area contributed by atoms with E-state index in [4.69, 9.17) is 0 Å². The Hall–Kier alpha value is -1.49. The van der Waals surface area contributed by atoms with E-state index in [0.717, 1.165) is 5.56 Å². The lowest BCUT2D eigenvalue weighted by Crippen LogP contribution is -2.12. The van der Waals surface area contributed by atoms with E-state index < -0.39 is 0 Å². The minimum atomic E-state index is -0.300. The van der Waals surface area contributed by atoms with Crippen molar-refractivity contribution in [3.05, 3.63) is 52.0 Å². The molecule has 0 fully saturated rings. The fraction of sp³-hybridized carbons (Fsp3) is 0.231. The summed E-state index contributed by atoms with van der Waals surface area (Å²) in [5.74, 6) is -0.334. The predicted molar refractivity (Wildman–Crippen MR) is 70.0 cm³/mol. The number of hydrogen-bond donors (Lipinski definition) is 0. The molecule has 5 heteroatoms. The molecule has 0 radical (unpaired) electrons. The molecular weight excluding hydrogens is 299 g/mol. The van der Waals surface area contributed by atoms with Crippen molar-refractivity contribution in [3.8, 4) is 0 Å². The number of halogens is 2. The van der Waals surface area contributed by atoms with Crippen molar-refractivity contribution < 1.29 is 9.18 Å². The van der Waals surface area contributed by atoms with Gasteiger partial charge >= 0.3 is 0 Å². The molecule has 1 aromatic heterocycles. The van der Waals surface area contributed by atoms with Crippen LogP contribution in [0, 0.1) is 5.82 Å². The van der Waals surface area contributed by atoms with Gasteiger partial charge in [-0.05, 0) is 40.5 Å². The molecule has 3 nitrogen and oxygen atoms in total. The zero-order valence-corrected chi connectivity index (χ0v) is 11.4. The van der Waals surface area contributed by atoms with Gasteiger partial charge in [0.15, 0.2) is 5.78 Å². The van der Waals surface area contributed by atoms with Crippen LogP contribution in [0.2, 0.25) is 0 Å². The summed E-state index contributed by atoms with van der Waals surface area (Å²) in [6.07, 6.45) is 1.85. The van der Waals surface area contributed by atoms with Gasteiger partial charge in [-0.3, -0.25) is 9.48 Å². The van der Waals surface area contributed by atoms with Crippen molar-refractivity contribution in [1.82, 2.24) is 9.78 Å². The highest BCUT2D eigenvalue weighted by Gasteiger charge is 2.16. The molecule has 0 aliphatic carbocycles. The summed E-state index contributed by atoms with van der Waals surface area (Å²) >= 11 is 3.32. The lowest BCUT2D eigenvalue weighted by atomic mass is 10.1. The van der Waals surface area contributed by atoms with Gasteiger partial charge in [-0.2, -0.15) is 5.10 Å². The SMILES string of the molecule is CCn1ncc(Br)c1C(=O)Cc1ccc(F)cc1. The fourth-order valence-corrected chi connectivity index (χ4v) is 2.27. The second-order valence-corrected chi connectivity index (χ2v) is 4.74. The quantitative estimate of drug-likeness (QED) is 0.813. The van der Waals surface area contributed by atoms with Crippen LogP contribution in [0.5, 0.6) is 0 Å². The number of aromatic nitrogens is 2. The van der Waals surface area contributed by atoms with E-state index in [9.17, 15) is 9.18 Å². The van der Waals surface area contributed by atoms with Crippen LogP contribution in [0.4, 0.5) is 4.39 Å². The highest BCUT2D eigenvalue weighted by Crippen LogP contribution is 2.18. The van der Waals surface area contributed by atoms with Crippen LogP contribution in [-0.2, 0) is 13.0 Å². The molecule has 1 heterocycles. The molecule has 0 saturated heterocycles. The minimum Gasteiger partial charge on any atom is -0.292 e. The van der Waals surface area contributed by atoms with E-state index in [1.807, 2.05) is 6.92 Å². The van der Waals surface area contributed by atoms with Gasteiger partial charge in [0, 0.05) is 13.0 Å². The molecule has 0 saturated carbocycles. The van der Waals surface area contributed by atoms with Gasteiger partial charge in [0.05, 0.1) is 10.7 Å². The summed E-state index contributed by atoms with van der Waals surface area (Å²) in [5, 5.41) is 4.10. The molecule has 0 spiro atoms. The number of ketones is 1. The van der Waals surface area contributed by atoms with Crippen LogP contribution >= 0.6 is 15.9 Å². The molecular formula is C13H12BrFN2O. The van der Waals surface area contributed by atoms with E-state index in [1.165, 1.54) is 12.1 Å². The van der Waals surface area contributed by atoms with Gasteiger partial charge in [-0.1, -0.05) is 12.1 Å². The monoisotopic (exact) mass is 310 g/mol. The summed E-state index contributed by atoms with van der Waals surface area (Å²) in [6.45, 7) is 2.56. The second-order valence-electron chi connectivity index (χ2n) is 3.88. The summed E-state index contributed by atoms with van der Waals surface area (Å²) in [7, 11) is 0. The van der Waals surface area contributed by atoms with Crippen molar-refractivity contribution in [2.75, 3.05) is 0 Å². The van der Waals surface area contributed by atoms with Gasteiger partial charge < -0.3 is 0 Å². The predicted octanol–water partition coefficient (Wildman–Crippen LogP) is 3.23. The van der Waals surface area contributed by atoms with Crippen molar-refractivity contribution >= 4 is 21.7 Å². The molecule has 2 rings (SSSR count). The molecule has 0 bridgehead atoms. The van der Waals surface area contributed by atoms with Crippen molar-refractivity contribution in [3.63, 3.8) is 0 Å². The summed E-state index contributed by atoms with van der Waals surface area (Å²) in [5.41, 5.74) is 1.35. The summed E-state index contributed by atoms with van der Waals surface area (Å²) in [4.78, 5) is 12.2. The number of nitrogens with zero attached hydrogens (tertiary/aromatic N) is 2. The second kappa shape index (κ2) is 5.44. The third-order valence-corrected chi connectivity index (χ3v) is 3.22. The van der Waals surface area contributed by atoms with E-state index in [1.54, 1.807) is 23.0 Å². The number of carbonyl (C=O) groups excluding carboxylic acids is 1. The topological polar surface area (TPSA) is 34.9 Å². The van der Waals surface area contributed by atoms with Crippen LogP contribution in [0.1, 0.15) is 23.0 Å². The standard InChI is InChI=1S/C13H12BrFN2O/c1-2-17-13(11(14)8-16-17)12(18)7-9-3-5-10(15)6-4-9/h3-6,8H,2,7H2,1H3. The number of carbonyl (C=O) groups is 1. The Labute approximate surface area is 113 Å². The Kier molecular flexibility index (Phi) is 3.91. The largest absolute Gasteiger partial charge is 0.292 e. The van der Waals surface area contributed by atoms with Gasteiger partial charge in [-0.25, -0.2) is 4.39 Å². The average molecular weight is 311 g/mol. The van der Waals surface area contributed by atoms with Gasteiger partial charge in [0.25, 0.3) is 0 Å². The van der Waals surface area contributed by atoms with E-state index in [0.29, 0.717) is 16.7 Å². The van der Waals surface area contributed by atoms with Gasteiger partial charge in [-0.15, -0.1) is 0 Å². The van der Waals surface area contributed by atoms with E-state index >= 15 is 0 Å². The molecule has 18 heavy (non-hydrogen) atoms. The van der Waals surface area contributed by atoms with E-state index in [-0.39, 0.29) is 18.0 Å². The highest BCUT2D eigenvalue weighted by molar-refractivity contribution is 9.10. The van der Waals surface area contributed by atoms with E-state index in [2.05, 4.69) is 21.0 Å². The zero-order chi connectivity index (χ0) is 13.1. The number of aryl methyl sites for hydroxylation is 1. The Morgan fingerprint density at radius 2 is 2.06 bits per heavy atom. The Bertz CT molecular complexity index is 563. The Morgan fingerprint density at radius 1 is 1.39 bits per heavy atom. The van der Waals surface area contributed by atoms with Crippen LogP contribution < -0.4 is 0 Å². The maximum absolute atomic E-state index is 12.8. The van der Waals surface area contributed by atoms with Crippen molar-refractivity contribution in [1.29, 1.82) is 0 Å². The maximum atomic E-state index is 12.8. The third-order valence-electron chi connectivity index (χ3n) is 2.64. The van der Waals surface area contributed by atoms with Gasteiger partial charge in [0.1, 0.15) is 11.5 Å². The molecule has 0 aliphatic heterocycles. The maximum Gasteiger partial charge on any atom is 0.186 e.